The number of aromatic nitrogens is 6. The van der Waals surface area contributed by atoms with Crippen molar-refractivity contribution in [2.75, 3.05) is 13.2 Å². The molecule has 2 N–H and O–H groups in total. The molecule has 0 radical (unpaired) electrons. The van der Waals surface area contributed by atoms with Gasteiger partial charge in [0.15, 0.2) is 11.6 Å². The number of nitrogens with one attached hydrogen (secondary N) is 2. The lowest BCUT2D eigenvalue weighted by molar-refractivity contribution is 0.304. The van der Waals surface area contributed by atoms with E-state index in [9.17, 15) is 10.5 Å². The number of unbranched alkanes of at least 4 members (excludes halogenated alkanes) is 10. The van der Waals surface area contributed by atoms with Crippen molar-refractivity contribution in [3.63, 3.8) is 0 Å². The maximum absolute atomic E-state index is 11.1. The fraction of sp³-hybridized carbons (Fsp3) is 0.444. The standard InChI is InChI=1S/C54H66N8O2/c1-9-11-13-15-17-19-33-63-39-25-21-37(22-26-39)47-45-46(50(61-47)42(36-56)52-58-32-30-44(60-52)54(6,7)8)48(38-23-27-40(28-24-38)64-34-20-18-16-14-12-10-2)62-49(45)41(35-55)51-57-31-29-43(59-51)53(3,4)5/h21-32,61-62H,9-20,33-34H2,1-8H3/b49-41-,50-42-. The van der Waals surface area contributed by atoms with Crippen LogP contribution in [0, 0.1) is 22.7 Å². The predicted molar refractivity (Wildman–Crippen MR) is 258 cm³/mol. The first-order valence-corrected chi connectivity index (χ1v) is 23.3. The van der Waals surface area contributed by atoms with Crippen LogP contribution in [0.15, 0.2) is 73.1 Å². The van der Waals surface area contributed by atoms with Crippen molar-refractivity contribution < 1.29 is 9.47 Å². The Balaban J connectivity index is 1.57. The van der Waals surface area contributed by atoms with E-state index < -0.39 is 0 Å². The zero-order chi connectivity index (χ0) is 45.7. The molecule has 0 saturated carbocycles. The first kappa shape index (κ1) is 47.2. The maximum atomic E-state index is 11.1. The highest BCUT2D eigenvalue weighted by Crippen LogP contribution is 2.34. The fourth-order valence-electron chi connectivity index (χ4n) is 7.87. The molecule has 4 aromatic heterocycles. The first-order valence-electron chi connectivity index (χ1n) is 23.3. The summed E-state index contributed by atoms with van der Waals surface area (Å²) in [6.45, 7) is 18.3. The van der Waals surface area contributed by atoms with Crippen LogP contribution in [-0.4, -0.2) is 43.1 Å². The van der Waals surface area contributed by atoms with Crippen molar-refractivity contribution in [3.8, 4) is 46.2 Å². The van der Waals surface area contributed by atoms with Crippen LogP contribution in [0.25, 0.3) is 44.4 Å². The SMILES string of the molecule is CCCCCCCCOc1ccc(-c2[nH]/c(=C(/C#N)c3nccc(C(C)(C)C)n3)c3c(-c4ccc(OCCCCCCCC)cc4)[nH]/c(=C(/C#N)c4nccc(C(C)(C)C)n4)c23)cc1. The molecule has 0 amide bonds. The van der Waals surface area contributed by atoms with E-state index in [0.717, 1.165) is 70.5 Å². The third-order valence-electron chi connectivity index (χ3n) is 11.6. The quantitative estimate of drug-likeness (QED) is 0.0721. The highest BCUT2D eigenvalue weighted by Gasteiger charge is 2.25. The van der Waals surface area contributed by atoms with Crippen LogP contribution in [0.3, 0.4) is 0 Å². The number of rotatable bonds is 20. The molecule has 4 heterocycles. The van der Waals surface area contributed by atoms with Crippen molar-refractivity contribution in [2.24, 2.45) is 0 Å². The summed E-state index contributed by atoms with van der Waals surface area (Å²) < 4.78 is 12.4. The summed E-state index contributed by atoms with van der Waals surface area (Å²) in [7, 11) is 0. The third kappa shape index (κ3) is 11.6. The average Bonchev–Trinajstić information content (AvgIpc) is 3.86. The number of aromatic amines is 2. The summed E-state index contributed by atoms with van der Waals surface area (Å²) >= 11 is 0. The van der Waals surface area contributed by atoms with Gasteiger partial charge in [0.1, 0.15) is 34.8 Å². The molecule has 6 rings (SSSR count). The molecular formula is C54H66N8O2. The van der Waals surface area contributed by atoms with Gasteiger partial charge in [-0.1, -0.05) is 120 Å². The van der Waals surface area contributed by atoms with E-state index in [2.05, 4.69) is 87.5 Å². The van der Waals surface area contributed by atoms with Crippen molar-refractivity contribution in [3.05, 3.63) is 107 Å². The molecule has 0 aliphatic heterocycles. The number of ether oxygens (including phenoxy) is 2. The van der Waals surface area contributed by atoms with Gasteiger partial charge in [-0.2, -0.15) is 10.5 Å². The van der Waals surface area contributed by atoms with E-state index in [0.29, 0.717) is 46.9 Å². The average molecular weight is 859 g/mol. The maximum Gasteiger partial charge on any atom is 0.172 e. The molecule has 6 aromatic rings. The summed E-state index contributed by atoms with van der Waals surface area (Å²) in [6.07, 6.45) is 17.7. The Kier molecular flexibility index (Phi) is 16.2. The summed E-state index contributed by atoms with van der Waals surface area (Å²) in [5.74, 6) is 2.17. The largest absolute Gasteiger partial charge is 0.494 e. The van der Waals surface area contributed by atoms with Gasteiger partial charge in [0.2, 0.25) is 0 Å². The molecule has 10 heteroatoms. The van der Waals surface area contributed by atoms with E-state index in [1.807, 2.05) is 60.7 Å². The van der Waals surface area contributed by atoms with Crippen molar-refractivity contribution in [2.45, 2.75) is 143 Å². The van der Waals surface area contributed by atoms with Gasteiger partial charge in [-0.15, -0.1) is 0 Å². The molecular weight excluding hydrogens is 793 g/mol. The van der Waals surface area contributed by atoms with Gasteiger partial charge in [0.25, 0.3) is 0 Å². The van der Waals surface area contributed by atoms with E-state index in [1.165, 1.54) is 51.4 Å². The van der Waals surface area contributed by atoms with Gasteiger partial charge >= 0.3 is 0 Å². The Morgan fingerprint density at radius 3 is 1.22 bits per heavy atom. The highest BCUT2D eigenvalue weighted by atomic mass is 16.5. The number of hydrogen-bond acceptors (Lipinski definition) is 8. The lowest BCUT2D eigenvalue weighted by atomic mass is 9.92. The Bertz CT molecular complexity index is 2500. The number of nitrogens with zero attached hydrogens (tertiary/aromatic N) is 6. The molecule has 0 spiro atoms. The molecule has 0 fully saturated rings. The summed E-state index contributed by atoms with van der Waals surface area (Å²) in [5.41, 5.74) is 4.72. The Labute approximate surface area is 379 Å². The molecule has 2 aromatic carbocycles. The van der Waals surface area contributed by atoms with Crippen molar-refractivity contribution in [1.29, 1.82) is 10.5 Å². The Morgan fingerprint density at radius 2 is 0.875 bits per heavy atom. The molecule has 0 atom stereocenters. The number of nitriles is 2. The van der Waals surface area contributed by atoms with E-state index >= 15 is 0 Å². The van der Waals surface area contributed by atoms with E-state index in [1.54, 1.807) is 12.4 Å². The highest BCUT2D eigenvalue weighted by molar-refractivity contribution is 6.07. The van der Waals surface area contributed by atoms with Crippen LogP contribution in [-0.2, 0) is 10.8 Å². The Hall–Kier alpha value is -6.26. The molecule has 334 valence electrons. The van der Waals surface area contributed by atoms with Gasteiger partial charge in [-0.3, -0.25) is 0 Å². The van der Waals surface area contributed by atoms with E-state index in [4.69, 9.17) is 19.4 Å². The number of benzene rings is 2. The minimum atomic E-state index is -0.281. The fourth-order valence-corrected chi connectivity index (χ4v) is 7.87. The van der Waals surface area contributed by atoms with Crippen molar-refractivity contribution >= 4 is 21.9 Å². The van der Waals surface area contributed by atoms with E-state index in [-0.39, 0.29) is 22.0 Å². The molecule has 10 nitrogen and oxygen atoms in total. The zero-order valence-electron chi connectivity index (χ0n) is 39.3. The van der Waals surface area contributed by atoms with Gasteiger partial charge in [-0.25, -0.2) is 19.9 Å². The van der Waals surface area contributed by atoms with Crippen LogP contribution in [0.1, 0.15) is 155 Å². The van der Waals surface area contributed by atoms with Crippen LogP contribution in [0.5, 0.6) is 11.5 Å². The molecule has 0 bridgehead atoms. The molecule has 0 unspecified atom stereocenters. The summed E-state index contributed by atoms with van der Waals surface area (Å²) in [4.78, 5) is 26.6. The molecule has 64 heavy (non-hydrogen) atoms. The van der Waals surface area contributed by atoms with Crippen LogP contribution in [0.4, 0.5) is 0 Å². The first-order chi connectivity index (χ1) is 30.9. The minimum absolute atomic E-state index is 0.274. The van der Waals surface area contributed by atoms with Gasteiger partial charge in [0.05, 0.1) is 35.3 Å². The van der Waals surface area contributed by atoms with Crippen LogP contribution in [0.2, 0.25) is 0 Å². The second kappa shape index (κ2) is 21.9. The van der Waals surface area contributed by atoms with Crippen LogP contribution >= 0.6 is 0 Å². The second-order valence-electron chi connectivity index (χ2n) is 18.8. The summed E-state index contributed by atoms with van der Waals surface area (Å²) in [6, 6.07) is 24.7. The third-order valence-corrected chi connectivity index (χ3v) is 11.6. The van der Waals surface area contributed by atoms with Gasteiger partial charge < -0.3 is 19.4 Å². The second-order valence-corrected chi connectivity index (χ2v) is 18.8. The van der Waals surface area contributed by atoms with Crippen LogP contribution < -0.4 is 20.2 Å². The number of fused-ring (bicyclic) bond motifs is 1. The predicted octanol–water partition coefficient (Wildman–Crippen LogP) is 11.9. The zero-order valence-corrected chi connectivity index (χ0v) is 39.3. The van der Waals surface area contributed by atoms with Gasteiger partial charge in [-0.05, 0) is 84.6 Å². The lowest BCUT2D eigenvalue weighted by Crippen LogP contribution is -2.17. The normalized spacial score (nSPS) is 12.8. The number of H-pyrrole nitrogens is 2. The molecule has 0 aliphatic rings. The topological polar surface area (TPSA) is 149 Å². The smallest absolute Gasteiger partial charge is 0.172 e. The van der Waals surface area contributed by atoms with Gasteiger partial charge in [0, 0.05) is 45.4 Å². The summed E-state index contributed by atoms with van der Waals surface area (Å²) in [5, 5.41) is 24.6. The lowest BCUT2D eigenvalue weighted by Gasteiger charge is -2.17. The number of hydrogen-bond donors (Lipinski definition) is 2. The minimum Gasteiger partial charge on any atom is -0.494 e. The molecule has 0 aliphatic carbocycles. The molecule has 0 saturated heterocycles. The monoisotopic (exact) mass is 859 g/mol. The Morgan fingerprint density at radius 1 is 0.516 bits per heavy atom. The van der Waals surface area contributed by atoms with Crippen molar-refractivity contribution in [1.82, 2.24) is 29.9 Å².